The van der Waals surface area contributed by atoms with Gasteiger partial charge in [0.1, 0.15) is 12.7 Å². The number of aliphatic hydroxyl groups excluding tert-OH is 1. The molecule has 82 heavy (non-hydrogen) atoms. The average Bonchev–Trinajstić information content (AvgIpc) is 3.50. The number of aliphatic hydroxyl groups is 1. The highest BCUT2D eigenvalue weighted by Crippen LogP contribution is 2.43. The van der Waals surface area contributed by atoms with E-state index in [1.807, 2.05) is 0 Å². The van der Waals surface area contributed by atoms with E-state index in [1.54, 1.807) is 0 Å². The predicted molar refractivity (Wildman–Crippen MR) is 344 cm³/mol. The second-order valence-electron chi connectivity index (χ2n) is 22.2. The lowest BCUT2D eigenvalue weighted by Crippen LogP contribution is -2.30. The van der Waals surface area contributed by atoms with Crippen molar-refractivity contribution in [3.05, 3.63) is 85.1 Å². The molecule has 0 heterocycles. The van der Waals surface area contributed by atoms with Gasteiger partial charge in [-0.05, 0) is 116 Å². The molecule has 0 aliphatic heterocycles. The van der Waals surface area contributed by atoms with Gasteiger partial charge in [-0.25, -0.2) is 4.57 Å². The minimum atomic E-state index is -4.77. The normalized spacial score (nSPS) is 13.8. The Morgan fingerprint density at radius 1 is 0.354 bits per heavy atom. The van der Waals surface area contributed by atoms with Crippen LogP contribution in [0.5, 0.6) is 0 Å². The minimum absolute atomic E-state index is 0.147. The van der Waals surface area contributed by atoms with Crippen molar-refractivity contribution in [1.29, 1.82) is 0 Å². The van der Waals surface area contributed by atoms with Crippen LogP contribution in [0.4, 0.5) is 0 Å². The lowest BCUT2D eigenvalue weighted by atomic mass is 10.1. The first-order valence-electron chi connectivity index (χ1n) is 33.5. The van der Waals surface area contributed by atoms with Crippen LogP contribution in [0, 0.1) is 0 Å². The van der Waals surface area contributed by atoms with E-state index in [0.717, 1.165) is 116 Å². The van der Waals surface area contributed by atoms with Crippen LogP contribution in [-0.2, 0) is 42.2 Å². The van der Waals surface area contributed by atoms with Gasteiger partial charge in [0.2, 0.25) is 0 Å². The lowest BCUT2D eigenvalue weighted by Gasteiger charge is -2.21. The highest BCUT2D eigenvalue weighted by Gasteiger charge is 2.28. The quantitative estimate of drug-likeness (QED) is 0.0197. The lowest BCUT2D eigenvalue weighted by molar-refractivity contribution is -0.161. The zero-order chi connectivity index (χ0) is 59.8. The zero-order valence-corrected chi connectivity index (χ0v) is 53.6. The molecular formula is C70H123O11P. The highest BCUT2D eigenvalue weighted by molar-refractivity contribution is 7.47. The predicted octanol–water partition coefficient (Wildman–Crippen LogP) is 20.6. The van der Waals surface area contributed by atoms with Gasteiger partial charge in [0, 0.05) is 19.3 Å². The fourth-order valence-electron chi connectivity index (χ4n) is 9.20. The van der Waals surface area contributed by atoms with Gasteiger partial charge < -0.3 is 24.2 Å². The van der Waals surface area contributed by atoms with Crippen LogP contribution in [0.2, 0.25) is 0 Å². The average molecular weight is 1170 g/mol. The smallest absolute Gasteiger partial charge is 0.462 e. The number of phosphoric acid groups is 1. The summed E-state index contributed by atoms with van der Waals surface area (Å²) in [7, 11) is -4.77. The first-order valence-corrected chi connectivity index (χ1v) is 35.0. The Balaban J connectivity index is 4.70. The van der Waals surface area contributed by atoms with Gasteiger partial charge in [0.05, 0.1) is 19.8 Å². The third-order valence-corrected chi connectivity index (χ3v) is 15.2. The minimum Gasteiger partial charge on any atom is -0.462 e. The number of carbonyl (C=O) groups is 3. The maximum atomic E-state index is 13.0. The number of hydrogen-bond donors (Lipinski definition) is 2. The summed E-state index contributed by atoms with van der Waals surface area (Å²) in [5.74, 6) is -1.48. The summed E-state index contributed by atoms with van der Waals surface area (Å²) in [4.78, 5) is 48.8. The van der Waals surface area contributed by atoms with Crippen molar-refractivity contribution >= 4 is 25.7 Å². The standard InChI is InChI=1S/C70H123O11P/c1-4-7-10-13-16-19-22-25-28-31-33-36-39-42-45-48-51-54-57-60-69(73)80-66(62-71)64-78-82(75,76)79-65-67(63-77-68(72)59-56-53-50-47-44-41-38-35-30-27-24-21-18-15-12-9-6-3)81-70(74)61-58-55-52-49-46-43-40-37-34-32-29-26-23-20-17-14-11-8-5-2/h8,11,17-18,20-21,25-30,34,37,66-67,71H,4-7,9-10,12-16,19,22-24,31-33,35-36,38-65H2,1-3H3,(H,75,76)/b11-8-,20-17-,21-18-,28-25-,29-26-,30-27-,37-34-. The second-order valence-corrected chi connectivity index (χ2v) is 23.7. The molecule has 0 spiro atoms. The largest absolute Gasteiger partial charge is 0.472 e. The number of ether oxygens (including phenoxy) is 3. The van der Waals surface area contributed by atoms with Gasteiger partial charge in [0.15, 0.2) is 6.10 Å². The molecular weight excluding hydrogens is 1050 g/mol. The van der Waals surface area contributed by atoms with Crippen molar-refractivity contribution in [3.8, 4) is 0 Å². The molecule has 3 unspecified atom stereocenters. The van der Waals surface area contributed by atoms with Crippen LogP contribution in [0.1, 0.15) is 303 Å². The summed E-state index contributed by atoms with van der Waals surface area (Å²) in [6, 6.07) is 0. The van der Waals surface area contributed by atoms with Crippen LogP contribution in [0.25, 0.3) is 0 Å². The van der Waals surface area contributed by atoms with Crippen molar-refractivity contribution in [2.45, 2.75) is 315 Å². The Kier molecular flexibility index (Phi) is 61.1. The molecule has 0 radical (unpaired) electrons. The molecule has 2 N–H and O–H groups in total. The molecule has 0 aliphatic rings. The first kappa shape index (κ1) is 78.7. The first-order chi connectivity index (χ1) is 40.2. The Labute approximate surface area is 502 Å². The van der Waals surface area contributed by atoms with Crippen LogP contribution in [-0.4, -0.2) is 66.5 Å². The molecule has 0 fully saturated rings. The maximum absolute atomic E-state index is 13.0. The van der Waals surface area contributed by atoms with Crippen molar-refractivity contribution in [2.24, 2.45) is 0 Å². The SMILES string of the molecule is CC/C=C\C/C=C\C/C=C\C/C=C\CCCCCCCCC(=O)OC(COC(=O)CCCCCCCCC/C=C\C/C=C\CCCCC)COP(=O)(O)OCC(CO)OC(=O)CCCCCCCCCCC/C=C\CCCCCCCC. The second kappa shape index (κ2) is 63.7. The molecule has 0 aliphatic carbocycles. The topological polar surface area (TPSA) is 155 Å². The monoisotopic (exact) mass is 1170 g/mol. The Morgan fingerprint density at radius 3 is 1.01 bits per heavy atom. The number of phosphoric ester groups is 1. The third kappa shape index (κ3) is 61.2. The molecule has 0 bridgehead atoms. The van der Waals surface area contributed by atoms with E-state index in [1.165, 1.54) is 128 Å². The number of carbonyl (C=O) groups excluding carboxylic acids is 3. The van der Waals surface area contributed by atoms with Gasteiger partial charge in [-0.15, -0.1) is 0 Å². The fraction of sp³-hybridized carbons (Fsp3) is 0.757. The molecule has 11 nitrogen and oxygen atoms in total. The van der Waals surface area contributed by atoms with Crippen LogP contribution in [0.3, 0.4) is 0 Å². The van der Waals surface area contributed by atoms with Gasteiger partial charge in [-0.3, -0.25) is 23.4 Å². The van der Waals surface area contributed by atoms with E-state index in [9.17, 15) is 28.9 Å². The molecule has 3 atom stereocenters. The molecule has 0 saturated heterocycles. The van der Waals surface area contributed by atoms with Crippen molar-refractivity contribution < 1.29 is 52.2 Å². The van der Waals surface area contributed by atoms with E-state index >= 15 is 0 Å². The molecule has 12 heteroatoms. The van der Waals surface area contributed by atoms with Crippen molar-refractivity contribution in [2.75, 3.05) is 26.4 Å². The fourth-order valence-corrected chi connectivity index (χ4v) is 9.98. The van der Waals surface area contributed by atoms with E-state index in [4.69, 9.17) is 23.3 Å². The summed E-state index contributed by atoms with van der Waals surface area (Å²) in [5.41, 5.74) is 0. The number of esters is 3. The van der Waals surface area contributed by atoms with Gasteiger partial charge in [-0.1, -0.05) is 254 Å². The zero-order valence-electron chi connectivity index (χ0n) is 52.7. The maximum Gasteiger partial charge on any atom is 0.472 e. The third-order valence-electron chi connectivity index (χ3n) is 14.3. The van der Waals surface area contributed by atoms with Crippen LogP contribution < -0.4 is 0 Å². The molecule has 0 aromatic carbocycles. The summed E-state index contributed by atoms with van der Waals surface area (Å²) in [5, 5.41) is 9.87. The molecule has 0 rings (SSSR count). The van der Waals surface area contributed by atoms with E-state index in [2.05, 4.69) is 106 Å². The molecule has 0 amide bonds. The van der Waals surface area contributed by atoms with Gasteiger partial charge in [-0.2, -0.15) is 0 Å². The Morgan fingerprint density at radius 2 is 0.634 bits per heavy atom. The summed E-state index contributed by atoms with van der Waals surface area (Å²) < 4.78 is 39.7. The Bertz CT molecular complexity index is 1700. The molecule has 0 aromatic rings. The van der Waals surface area contributed by atoms with Crippen LogP contribution >= 0.6 is 7.82 Å². The van der Waals surface area contributed by atoms with Gasteiger partial charge >= 0.3 is 25.7 Å². The summed E-state index contributed by atoms with van der Waals surface area (Å²) >= 11 is 0. The number of hydrogen-bond acceptors (Lipinski definition) is 10. The van der Waals surface area contributed by atoms with Crippen molar-refractivity contribution in [3.63, 3.8) is 0 Å². The number of unbranched alkanes of at least 4 members (excludes halogenated alkanes) is 31. The number of rotatable bonds is 62. The van der Waals surface area contributed by atoms with E-state index in [-0.39, 0.29) is 25.9 Å². The summed E-state index contributed by atoms with van der Waals surface area (Å²) in [6.45, 7) is 4.52. The summed E-state index contributed by atoms with van der Waals surface area (Å²) in [6.07, 6.45) is 75.2. The van der Waals surface area contributed by atoms with E-state index < -0.39 is 57.8 Å². The number of allylic oxidation sites excluding steroid dienone is 14. The van der Waals surface area contributed by atoms with Crippen LogP contribution in [0.15, 0.2) is 85.1 Å². The van der Waals surface area contributed by atoms with Crippen molar-refractivity contribution in [1.82, 2.24) is 0 Å². The molecule has 0 saturated carbocycles. The van der Waals surface area contributed by atoms with Gasteiger partial charge in [0.25, 0.3) is 0 Å². The van der Waals surface area contributed by atoms with E-state index in [0.29, 0.717) is 19.3 Å². The molecule has 0 aromatic heterocycles. The molecule has 474 valence electrons. The Hall–Kier alpha value is -3.34. The highest BCUT2D eigenvalue weighted by atomic mass is 31.2.